The maximum Gasteiger partial charge on any atom is 0.335 e. The average molecular weight is 326 g/mol. The lowest BCUT2D eigenvalue weighted by Crippen LogP contribution is -2.62. The number of hydrogen-bond donors (Lipinski definition) is 7. The van der Waals surface area contributed by atoms with Crippen molar-refractivity contribution < 1.29 is 54.8 Å². The standard InChI is InChI=1S/C11H18O11/c12-3-2(1-20-10(19)6(3)15)21-11-7(16)4(13)5(14)8(22-11)9(17)18/h2-8,10-16,19H,1H2,(H,17,18)/t2-,3+,4+,5+,6-,7-,8+,10-,11-/m1/s1. The van der Waals surface area contributed by atoms with Gasteiger partial charge in [-0.15, -0.1) is 0 Å². The molecule has 2 saturated heterocycles. The minimum absolute atomic E-state index is 0.373. The third kappa shape index (κ3) is 3.22. The van der Waals surface area contributed by atoms with E-state index in [1.165, 1.54) is 0 Å². The molecule has 0 aromatic heterocycles. The fourth-order valence-corrected chi connectivity index (χ4v) is 2.24. The van der Waals surface area contributed by atoms with Crippen molar-refractivity contribution in [2.45, 2.75) is 55.3 Å². The topological polar surface area (TPSA) is 186 Å². The molecule has 2 aliphatic rings. The number of aliphatic carboxylic acids is 1. The summed E-state index contributed by atoms with van der Waals surface area (Å²) in [5.74, 6) is -1.58. The molecular formula is C11H18O11. The number of hydrogen-bond acceptors (Lipinski definition) is 10. The number of carbonyl (C=O) groups is 1. The summed E-state index contributed by atoms with van der Waals surface area (Å²) < 4.78 is 14.7. The van der Waals surface area contributed by atoms with E-state index in [1.807, 2.05) is 0 Å². The molecular weight excluding hydrogens is 308 g/mol. The van der Waals surface area contributed by atoms with Gasteiger partial charge in [-0.25, -0.2) is 4.79 Å². The van der Waals surface area contributed by atoms with Crippen LogP contribution in [0.25, 0.3) is 0 Å². The third-order valence-electron chi connectivity index (χ3n) is 3.58. The Morgan fingerprint density at radius 3 is 2.14 bits per heavy atom. The lowest BCUT2D eigenvalue weighted by Gasteiger charge is -2.42. The van der Waals surface area contributed by atoms with E-state index in [2.05, 4.69) is 0 Å². The quantitative estimate of drug-likeness (QED) is 0.264. The largest absolute Gasteiger partial charge is 0.479 e. The van der Waals surface area contributed by atoms with Gasteiger partial charge in [0.15, 0.2) is 18.7 Å². The van der Waals surface area contributed by atoms with E-state index in [9.17, 15) is 35.4 Å². The summed E-state index contributed by atoms with van der Waals surface area (Å²) in [5, 5.41) is 66.2. The molecule has 11 heteroatoms. The zero-order valence-corrected chi connectivity index (χ0v) is 11.2. The highest BCUT2D eigenvalue weighted by atomic mass is 16.7. The van der Waals surface area contributed by atoms with Gasteiger partial charge in [0.1, 0.15) is 36.6 Å². The highest BCUT2D eigenvalue weighted by molar-refractivity contribution is 5.73. The minimum Gasteiger partial charge on any atom is -0.479 e. The highest BCUT2D eigenvalue weighted by Gasteiger charge is 2.49. The Labute approximate surface area is 123 Å². The van der Waals surface area contributed by atoms with Crippen molar-refractivity contribution >= 4 is 5.97 Å². The zero-order chi connectivity index (χ0) is 16.6. The summed E-state index contributed by atoms with van der Waals surface area (Å²) in [6, 6.07) is 0. The number of carboxylic acids is 1. The molecule has 9 atom stereocenters. The first-order valence-corrected chi connectivity index (χ1v) is 6.47. The van der Waals surface area contributed by atoms with Crippen molar-refractivity contribution in [2.75, 3.05) is 6.61 Å². The summed E-state index contributed by atoms with van der Waals surface area (Å²) in [4.78, 5) is 10.9. The summed E-state index contributed by atoms with van der Waals surface area (Å²) >= 11 is 0. The third-order valence-corrected chi connectivity index (χ3v) is 3.58. The minimum atomic E-state index is -1.87. The summed E-state index contributed by atoms with van der Waals surface area (Å²) in [6.45, 7) is -0.373. The molecule has 0 bridgehead atoms. The molecule has 0 amide bonds. The number of ether oxygens (including phenoxy) is 3. The molecule has 0 spiro atoms. The normalized spacial score (nSPS) is 49.8. The van der Waals surface area contributed by atoms with Crippen molar-refractivity contribution in [1.82, 2.24) is 0 Å². The van der Waals surface area contributed by atoms with E-state index in [4.69, 9.17) is 19.3 Å². The van der Waals surface area contributed by atoms with Crippen LogP contribution < -0.4 is 0 Å². The van der Waals surface area contributed by atoms with Gasteiger partial charge < -0.3 is 50.0 Å². The van der Waals surface area contributed by atoms with Crippen LogP contribution in [0.5, 0.6) is 0 Å². The smallest absolute Gasteiger partial charge is 0.335 e. The maximum atomic E-state index is 10.9. The Kier molecular flexibility index (Phi) is 5.32. The van der Waals surface area contributed by atoms with E-state index < -0.39 is 61.3 Å². The van der Waals surface area contributed by atoms with Crippen molar-refractivity contribution in [2.24, 2.45) is 0 Å². The molecule has 22 heavy (non-hydrogen) atoms. The molecule has 0 aliphatic carbocycles. The number of rotatable bonds is 3. The lowest BCUT2D eigenvalue weighted by atomic mass is 9.98. The SMILES string of the molecule is O=C(O)[C@H]1O[C@@H](O[C@@H]2CO[C@@H](O)[C@H](O)[C@H]2O)[C@H](O)[C@@H](O)[C@@H]1O. The second kappa shape index (κ2) is 6.70. The van der Waals surface area contributed by atoms with Crippen LogP contribution in [0, 0.1) is 0 Å². The molecule has 0 aromatic rings. The molecule has 2 fully saturated rings. The zero-order valence-electron chi connectivity index (χ0n) is 11.2. The van der Waals surface area contributed by atoms with Crippen molar-refractivity contribution in [3.63, 3.8) is 0 Å². The fraction of sp³-hybridized carbons (Fsp3) is 0.909. The van der Waals surface area contributed by atoms with Gasteiger partial charge in [0.2, 0.25) is 0 Å². The van der Waals surface area contributed by atoms with Crippen LogP contribution in [0.15, 0.2) is 0 Å². The van der Waals surface area contributed by atoms with Gasteiger partial charge in [-0.1, -0.05) is 0 Å². The first kappa shape index (κ1) is 17.5. The molecule has 11 nitrogen and oxygen atoms in total. The number of carboxylic acid groups (broad SMARTS) is 1. The predicted octanol–water partition coefficient (Wildman–Crippen LogP) is -4.67. The van der Waals surface area contributed by atoms with E-state index in [1.54, 1.807) is 0 Å². The van der Waals surface area contributed by atoms with Gasteiger partial charge in [0, 0.05) is 0 Å². The molecule has 0 unspecified atom stereocenters. The Morgan fingerprint density at radius 2 is 1.55 bits per heavy atom. The first-order chi connectivity index (χ1) is 10.2. The van der Waals surface area contributed by atoms with Crippen LogP contribution in [-0.2, 0) is 19.0 Å². The molecule has 0 aromatic carbocycles. The highest BCUT2D eigenvalue weighted by Crippen LogP contribution is 2.26. The van der Waals surface area contributed by atoms with Crippen LogP contribution in [0.3, 0.4) is 0 Å². The van der Waals surface area contributed by atoms with E-state index >= 15 is 0 Å². The van der Waals surface area contributed by atoms with Crippen LogP contribution in [-0.4, -0.2) is 104 Å². The van der Waals surface area contributed by atoms with Crippen molar-refractivity contribution in [1.29, 1.82) is 0 Å². The lowest BCUT2D eigenvalue weighted by molar-refractivity contribution is -0.335. The molecule has 2 heterocycles. The molecule has 128 valence electrons. The molecule has 0 radical (unpaired) electrons. The van der Waals surface area contributed by atoms with Crippen LogP contribution >= 0.6 is 0 Å². The Morgan fingerprint density at radius 1 is 0.909 bits per heavy atom. The monoisotopic (exact) mass is 326 g/mol. The molecule has 0 saturated carbocycles. The van der Waals surface area contributed by atoms with E-state index in [-0.39, 0.29) is 6.61 Å². The van der Waals surface area contributed by atoms with Crippen LogP contribution in [0.1, 0.15) is 0 Å². The van der Waals surface area contributed by atoms with Crippen molar-refractivity contribution in [3.05, 3.63) is 0 Å². The van der Waals surface area contributed by atoms with Gasteiger partial charge >= 0.3 is 5.97 Å². The van der Waals surface area contributed by atoms with Crippen LogP contribution in [0.4, 0.5) is 0 Å². The molecule has 2 rings (SSSR count). The van der Waals surface area contributed by atoms with E-state index in [0.717, 1.165) is 0 Å². The second-order valence-corrected chi connectivity index (χ2v) is 5.11. The van der Waals surface area contributed by atoms with Gasteiger partial charge in [-0.2, -0.15) is 0 Å². The van der Waals surface area contributed by atoms with Crippen molar-refractivity contribution in [3.8, 4) is 0 Å². The van der Waals surface area contributed by atoms with E-state index in [0.29, 0.717) is 0 Å². The fourth-order valence-electron chi connectivity index (χ4n) is 2.24. The summed E-state index contributed by atoms with van der Waals surface area (Å²) in [7, 11) is 0. The molecule has 2 aliphatic heterocycles. The predicted molar refractivity (Wildman–Crippen MR) is 63.2 cm³/mol. The van der Waals surface area contributed by atoms with Crippen LogP contribution in [0.2, 0.25) is 0 Å². The number of aliphatic hydroxyl groups excluding tert-OH is 6. The maximum absolute atomic E-state index is 10.9. The second-order valence-electron chi connectivity index (χ2n) is 5.11. The van der Waals surface area contributed by atoms with Gasteiger partial charge in [0.05, 0.1) is 6.61 Å². The van der Waals surface area contributed by atoms with Gasteiger partial charge in [-0.05, 0) is 0 Å². The number of aliphatic hydroxyl groups is 6. The summed E-state index contributed by atoms with van der Waals surface area (Å²) in [5.41, 5.74) is 0. The first-order valence-electron chi connectivity index (χ1n) is 6.47. The average Bonchev–Trinajstić information content (AvgIpc) is 2.47. The summed E-state index contributed by atoms with van der Waals surface area (Å²) in [6.07, 6.45) is -15.2. The Balaban J connectivity index is 2.06. The Bertz CT molecular complexity index is 403. The molecule has 7 N–H and O–H groups in total. The Hall–Kier alpha value is -0.890. The van der Waals surface area contributed by atoms with Gasteiger partial charge in [0.25, 0.3) is 0 Å². The van der Waals surface area contributed by atoms with Gasteiger partial charge in [-0.3, -0.25) is 0 Å².